The lowest BCUT2D eigenvalue weighted by molar-refractivity contribution is -0.137. The molecular formula is C28H50O2. The van der Waals surface area contributed by atoms with Gasteiger partial charge in [-0.2, -0.15) is 0 Å². The van der Waals surface area contributed by atoms with Gasteiger partial charge in [-0.05, 0) is 56.3 Å². The number of carbonyl (C=O) groups is 1. The quantitative estimate of drug-likeness (QED) is 0.189. The zero-order valence-electron chi connectivity index (χ0n) is 19.8. The number of hydrogen-bond donors (Lipinski definition) is 1. The zero-order chi connectivity index (χ0) is 21.3. The van der Waals surface area contributed by atoms with Crippen molar-refractivity contribution in [2.75, 3.05) is 0 Å². The van der Waals surface area contributed by atoms with E-state index in [0.29, 0.717) is 6.42 Å². The molecule has 174 valence electrons. The Hall–Kier alpha value is -0.790. The van der Waals surface area contributed by atoms with Gasteiger partial charge in [-0.25, -0.2) is 0 Å². The highest BCUT2D eigenvalue weighted by Crippen LogP contribution is 2.45. The van der Waals surface area contributed by atoms with E-state index >= 15 is 0 Å². The van der Waals surface area contributed by atoms with Gasteiger partial charge in [0.1, 0.15) is 0 Å². The molecule has 0 aromatic carbocycles. The van der Waals surface area contributed by atoms with E-state index in [2.05, 4.69) is 12.2 Å². The highest BCUT2D eigenvalue weighted by Gasteiger charge is 2.34. The summed E-state index contributed by atoms with van der Waals surface area (Å²) in [5.74, 6) is 2.64. The predicted molar refractivity (Wildman–Crippen MR) is 129 cm³/mol. The third-order valence-corrected chi connectivity index (χ3v) is 7.85. The van der Waals surface area contributed by atoms with Gasteiger partial charge in [0, 0.05) is 6.42 Å². The Morgan fingerprint density at radius 2 is 1.23 bits per heavy atom. The number of hydrogen-bond acceptors (Lipinski definition) is 1. The molecule has 2 rings (SSSR count). The second-order valence-electron chi connectivity index (χ2n) is 10.3. The standard InChI is InChI=1S/C28H50O2/c29-28(30)24-15-13-11-9-7-5-3-1-2-4-6-8-10-12-14-19-25-21-18-22-26-20-16-17-23-27(25)26/h1,3,25-27H,2,4-24H2,(H,29,30). The van der Waals surface area contributed by atoms with Gasteiger partial charge in [-0.3, -0.25) is 4.79 Å². The van der Waals surface area contributed by atoms with Crippen molar-refractivity contribution in [3.8, 4) is 0 Å². The van der Waals surface area contributed by atoms with Crippen molar-refractivity contribution in [3.05, 3.63) is 12.2 Å². The van der Waals surface area contributed by atoms with E-state index in [1.54, 1.807) is 19.3 Å². The highest BCUT2D eigenvalue weighted by molar-refractivity contribution is 5.66. The van der Waals surface area contributed by atoms with E-state index in [0.717, 1.165) is 30.6 Å². The van der Waals surface area contributed by atoms with Crippen LogP contribution in [0.1, 0.15) is 141 Å². The van der Waals surface area contributed by atoms with E-state index < -0.39 is 5.97 Å². The monoisotopic (exact) mass is 418 g/mol. The molecule has 2 fully saturated rings. The lowest BCUT2D eigenvalue weighted by atomic mass is 9.64. The second kappa shape index (κ2) is 16.8. The van der Waals surface area contributed by atoms with Gasteiger partial charge in [0.15, 0.2) is 0 Å². The number of carboxylic acids is 1. The van der Waals surface area contributed by atoms with Crippen molar-refractivity contribution < 1.29 is 9.90 Å². The molecule has 2 aliphatic carbocycles. The van der Waals surface area contributed by atoms with Crippen molar-refractivity contribution in [1.82, 2.24) is 0 Å². The fraction of sp³-hybridized carbons (Fsp3) is 0.893. The molecule has 0 amide bonds. The molecule has 2 aliphatic rings. The van der Waals surface area contributed by atoms with Crippen molar-refractivity contribution in [1.29, 1.82) is 0 Å². The summed E-state index contributed by atoms with van der Waals surface area (Å²) < 4.78 is 0. The Balaban J connectivity index is 1.32. The summed E-state index contributed by atoms with van der Waals surface area (Å²) in [6.07, 6.45) is 34.0. The SMILES string of the molecule is O=C(O)CCCCCCCC=CCCCCCCCCC1CCCC2CCCCC12. The maximum absolute atomic E-state index is 10.4. The minimum Gasteiger partial charge on any atom is -0.481 e. The molecule has 0 radical (unpaired) electrons. The van der Waals surface area contributed by atoms with Crippen LogP contribution in [0.4, 0.5) is 0 Å². The average molecular weight is 419 g/mol. The molecule has 1 N–H and O–H groups in total. The molecule has 0 aromatic rings. The smallest absolute Gasteiger partial charge is 0.303 e. The molecule has 2 saturated carbocycles. The maximum Gasteiger partial charge on any atom is 0.303 e. The van der Waals surface area contributed by atoms with Crippen molar-refractivity contribution in [2.45, 2.75) is 141 Å². The molecule has 0 spiro atoms. The van der Waals surface area contributed by atoms with Crippen LogP contribution in [0, 0.1) is 17.8 Å². The molecule has 0 aromatic heterocycles. The summed E-state index contributed by atoms with van der Waals surface area (Å²) in [7, 11) is 0. The second-order valence-corrected chi connectivity index (χ2v) is 10.3. The topological polar surface area (TPSA) is 37.3 Å². The summed E-state index contributed by atoms with van der Waals surface area (Å²) in [5.41, 5.74) is 0. The Bertz CT molecular complexity index is 454. The lowest BCUT2D eigenvalue weighted by Crippen LogP contribution is -2.30. The molecule has 0 aliphatic heterocycles. The van der Waals surface area contributed by atoms with E-state index in [1.807, 2.05) is 0 Å². The van der Waals surface area contributed by atoms with Gasteiger partial charge in [-0.15, -0.1) is 0 Å². The van der Waals surface area contributed by atoms with E-state index in [1.165, 1.54) is 103 Å². The van der Waals surface area contributed by atoms with Crippen LogP contribution in [0.3, 0.4) is 0 Å². The summed E-state index contributed by atoms with van der Waals surface area (Å²) in [6, 6.07) is 0. The first-order valence-corrected chi connectivity index (χ1v) is 13.6. The third-order valence-electron chi connectivity index (χ3n) is 7.85. The summed E-state index contributed by atoms with van der Waals surface area (Å²) in [6.45, 7) is 0. The first kappa shape index (κ1) is 25.5. The van der Waals surface area contributed by atoms with Crippen LogP contribution in [0.2, 0.25) is 0 Å². The predicted octanol–water partition coefficient (Wildman–Crippen LogP) is 9.09. The minimum absolute atomic E-state index is 0.335. The molecule has 2 nitrogen and oxygen atoms in total. The molecule has 30 heavy (non-hydrogen) atoms. The molecule has 0 heterocycles. The minimum atomic E-state index is -0.658. The molecular weight excluding hydrogens is 368 g/mol. The van der Waals surface area contributed by atoms with E-state index in [9.17, 15) is 4.79 Å². The van der Waals surface area contributed by atoms with Gasteiger partial charge in [0.05, 0.1) is 0 Å². The number of rotatable bonds is 17. The number of carboxylic acid groups (broad SMARTS) is 1. The summed E-state index contributed by atoms with van der Waals surface area (Å²) >= 11 is 0. The molecule has 2 heteroatoms. The van der Waals surface area contributed by atoms with Crippen LogP contribution >= 0.6 is 0 Å². The fourth-order valence-electron chi connectivity index (χ4n) is 6.11. The van der Waals surface area contributed by atoms with Crippen molar-refractivity contribution in [3.63, 3.8) is 0 Å². The first-order chi connectivity index (χ1) is 14.8. The Morgan fingerprint density at radius 1 is 0.667 bits per heavy atom. The highest BCUT2D eigenvalue weighted by atomic mass is 16.4. The largest absolute Gasteiger partial charge is 0.481 e. The van der Waals surface area contributed by atoms with Gasteiger partial charge in [0.2, 0.25) is 0 Å². The summed E-state index contributed by atoms with van der Waals surface area (Å²) in [5, 5.41) is 8.60. The van der Waals surface area contributed by atoms with Crippen molar-refractivity contribution in [2.24, 2.45) is 17.8 Å². The Kier molecular flexibility index (Phi) is 14.3. The molecule has 0 saturated heterocycles. The third kappa shape index (κ3) is 11.6. The summed E-state index contributed by atoms with van der Waals surface area (Å²) in [4.78, 5) is 10.4. The van der Waals surface area contributed by atoms with Gasteiger partial charge in [-0.1, -0.05) is 108 Å². The molecule has 0 bridgehead atoms. The number of fused-ring (bicyclic) bond motifs is 1. The van der Waals surface area contributed by atoms with Crippen LogP contribution in [0.25, 0.3) is 0 Å². The van der Waals surface area contributed by atoms with Crippen LogP contribution in [-0.4, -0.2) is 11.1 Å². The van der Waals surface area contributed by atoms with E-state index in [-0.39, 0.29) is 0 Å². The number of unbranched alkanes of at least 4 members (excludes halogenated alkanes) is 11. The number of aliphatic carboxylic acids is 1. The van der Waals surface area contributed by atoms with Crippen LogP contribution in [-0.2, 0) is 4.79 Å². The van der Waals surface area contributed by atoms with Gasteiger partial charge >= 0.3 is 5.97 Å². The Morgan fingerprint density at radius 3 is 1.93 bits per heavy atom. The maximum atomic E-state index is 10.4. The van der Waals surface area contributed by atoms with Crippen LogP contribution in [0.5, 0.6) is 0 Å². The molecule has 3 unspecified atom stereocenters. The average Bonchev–Trinajstić information content (AvgIpc) is 2.75. The Labute approximate surface area is 187 Å². The molecule has 3 atom stereocenters. The normalized spacial score (nSPS) is 24.2. The van der Waals surface area contributed by atoms with Gasteiger partial charge < -0.3 is 5.11 Å². The van der Waals surface area contributed by atoms with E-state index in [4.69, 9.17) is 5.11 Å². The van der Waals surface area contributed by atoms with Gasteiger partial charge in [0.25, 0.3) is 0 Å². The van der Waals surface area contributed by atoms with Crippen LogP contribution in [0.15, 0.2) is 12.2 Å². The lowest BCUT2D eigenvalue weighted by Gasteiger charge is -2.41. The van der Waals surface area contributed by atoms with Crippen molar-refractivity contribution >= 4 is 5.97 Å². The fourth-order valence-corrected chi connectivity index (χ4v) is 6.11. The zero-order valence-corrected chi connectivity index (χ0v) is 19.8. The van der Waals surface area contributed by atoms with Crippen LogP contribution < -0.4 is 0 Å². The first-order valence-electron chi connectivity index (χ1n) is 13.6. The number of allylic oxidation sites excluding steroid dienone is 2.